The van der Waals surface area contributed by atoms with Crippen molar-refractivity contribution in [2.45, 2.75) is 6.42 Å². The van der Waals surface area contributed by atoms with Crippen LogP contribution in [0.4, 0.5) is 11.6 Å². The van der Waals surface area contributed by atoms with Gasteiger partial charge in [-0.3, -0.25) is 4.98 Å². The molecule has 1 aliphatic heterocycles. The van der Waals surface area contributed by atoms with Gasteiger partial charge in [-0.1, -0.05) is 18.2 Å². The third-order valence-corrected chi connectivity index (χ3v) is 4.88. The summed E-state index contributed by atoms with van der Waals surface area (Å²) in [6.45, 7) is 3.15. The zero-order chi connectivity index (χ0) is 17.8. The number of rotatable bonds is 5. The van der Waals surface area contributed by atoms with E-state index in [0.717, 1.165) is 36.8 Å². The number of hydrogen-bond donors (Lipinski definition) is 0. The molecule has 0 amide bonds. The summed E-state index contributed by atoms with van der Waals surface area (Å²) in [7, 11) is 2.08. The Balaban J connectivity index is 1.42. The van der Waals surface area contributed by atoms with Crippen molar-refractivity contribution >= 4 is 11.6 Å². The molecule has 132 valence electrons. The molecule has 0 spiro atoms. The minimum atomic E-state index is 0.617. The molecule has 2 aromatic heterocycles. The number of anilines is 2. The molecule has 0 unspecified atom stereocenters. The number of hydrogen-bond acceptors (Lipinski definition) is 5. The van der Waals surface area contributed by atoms with Gasteiger partial charge in [-0.25, -0.2) is 9.97 Å². The average molecular weight is 345 g/mol. The second kappa shape index (κ2) is 7.52. The Morgan fingerprint density at radius 1 is 1.08 bits per heavy atom. The van der Waals surface area contributed by atoms with Gasteiger partial charge in [0.1, 0.15) is 0 Å². The van der Waals surface area contributed by atoms with E-state index in [-0.39, 0.29) is 0 Å². The highest BCUT2D eigenvalue weighted by Gasteiger charge is 2.24. The molecule has 1 aliphatic rings. The van der Waals surface area contributed by atoms with Crippen molar-refractivity contribution in [1.82, 2.24) is 15.0 Å². The highest BCUT2D eigenvalue weighted by Crippen LogP contribution is 2.25. The molecule has 0 N–H and O–H groups in total. The van der Waals surface area contributed by atoms with E-state index < -0.39 is 0 Å². The summed E-state index contributed by atoms with van der Waals surface area (Å²) in [5.41, 5.74) is 3.24. The number of nitrogens with zero attached hydrogens (tertiary/aromatic N) is 5. The first kappa shape index (κ1) is 16.5. The molecule has 5 heteroatoms. The predicted molar refractivity (Wildman–Crippen MR) is 105 cm³/mol. The third kappa shape index (κ3) is 3.67. The van der Waals surface area contributed by atoms with Gasteiger partial charge < -0.3 is 9.80 Å². The average Bonchev–Trinajstić information content (AvgIpc) is 3.18. The molecule has 3 heterocycles. The quantitative estimate of drug-likeness (QED) is 0.708. The molecule has 3 aromatic rings. The fraction of sp³-hybridized carbons (Fsp3) is 0.286. The zero-order valence-corrected chi connectivity index (χ0v) is 15.0. The van der Waals surface area contributed by atoms with Crippen molar-refractivity contribution in [3.8, 4) is 11.3 Å². The van der Waals surface area contributed by atoms with Crippen LogP contribution in [0.25, 0.3) is 11.3 Å². The molecule has 1 atom stereocenters. The van der Waals surface area contributed by atoms with E-state index in [2.05, 4.69) is 57.1 Å². The molecular formula is C21H23N5. The van der Waals surface area contributed by atoms with Gasteiger partial charge in [0.05, 0.1) is 5.69 Å². The fourth-order valence-corrected chi connectivity index (χ4v) is 3.53. The molecular weight excluding hydrogens is 322 g/mol. The third-order valence-electron chi connectivity index (χ3n) is 4.88. The second-order valence-electron chi connectivity index (χ2n) is 6.80. The molecule has 4 rings (SSSR count). The Morgan fingerprint density at radius 2 is 1.96 bits per heavy atom. The van der Waals surface area contributed by atoms with Gasteiger partial charge >= 0.3 is 0 Å². The van der Waals surface area contributed by atoms with Gasteiger partial charge in [0.25, 0.3) is 0 Å². The van der Waals surface area contributed by atoms with E-state index in [4.69, 9.17) is 4.98 Å². The van der Waals surface area contributed by atoms with E-state index in [1.807, 2.05) is 30.6 Å². The number of benzene rings is 1. The molecule has 1 saturated heterocycles. The standard InChI is InChI=1S/C21H23N5/c1-25(15-17-10-13-26(16-17)19-7-3-2-4-8-19)21-23-12-9-20(24-21)18-6-5-11-22-14-18/h2-9,11-12,14,17H,10,13,15-16H2,1H3/t17-/m1/s1. The van der Waals surface area contributed by atoms with Crippen LogP contribution in [-0.4, -0.2) is 41.6 Å². The second-order valence-corrected chi connectivity index (χ2v) is 6.80. The van der Waals surface area contributed by atoms with Crippen LogP contribution in [-0.2, 0) is 0 Å². The summed E-state index contributed by atoms with van der Waals surface area (Å²) >= 11 is 0. The molecule has 0 bridgehead atoms. The smallest absolute Gasteiger partial charge is 0.225 e. The van der Waals surface area contributed by atoms with Crippen molar-refractivity contribution in [2.75, 3.05) is 36.5 Å². The lowest BCUT2D eigenvalue weighted by atomic mass is 10.1. The van der Waals surface area contributed by atoms with Crippen LogP contribution >= 0.6 is 0 Å². The molecule has 26 heavy (non-hydrogen) atoms. The maximum absolute atomic E-state index is 4.72. The zero-order valence-electron chi connectivity index (χ0n) is 15.0. The van der Waals surface area contributed by atoms with E-state index in [0.29, 0.717) is 5.92 Å². The van der Waals surface area contributed by atoms with Gasteiger partial charge in [0.2, 0.25) is 5.95 Å². The van der Waals surface area contributed by atoms with Crippen LogP contribution in [0.1, 0.15) is 6.42 Å². The van der Waals surface area contributed by atoms with Gasteiger partial charge in [-0.05, 0) is 42.7 Å². The summed E-state index contributed by atoms with van der Waals surface area (Å²) in [5.74, 6) is 1.38. The fourth-order valence-electron chi connectivity index (χ4n) is 3.53. The first-order chi connectivity index (χ1) is 12.8. The summed E-state index contributed by atoms with van der Waals surface area (Å²) in [5, 5.41) is 0. The molecule has 1 aromatic carbocycles. The van der Waals surface area contributed by atoms with Crippen molar-refractivity contribution in [1.29, 1.82) is 0 Å². The molecule has 0 saturated carbocycles. The summed E-state index contributed by atoms with van der Waals surface area (Å²) in [6, 6.07) is 16.5. The van der Waals surface area contributed by atoms with Crippen LogP contribution in [0.5, 0.6) is 0 Å². The van der Waals surface area contributed by atoms with Crippen LogP contribution in [0.2, 0.25) is 0 Å². The van der Waals surface area contributed by atoms with Crippen molar-refractivity contribution < 1.29 is 0 Å². The van der Waals surface area contributed by atoms with E-state index in [1.54, 1.807) is 6.20 Å². The largest absolute Gasteiger partial charge is 0.371 e. The van der Waals surface area contributed by atoms with Gasteiger partial charge in [0.15, 0.2) is 0 Å². The Bertz CT molecular complexity index is 837. The first-order valence-electron chi connectivity index (χ1n) is 9.04. The minimum Gasteiger partial charge on any atom is -0.371 e. The highest BCUT2D eigenvalue weighted by atomic mass is 15.2. The molecule has 0 radical (unpaired) electrons. The lowest BCUT2D eigenvalue weighted by Crippen LogP contribution is -2.29. The molecule has 0 aliphatic carbocycles. The van der Waals surface area contributed by atoms with E-state index in [9.17, 15) is 0 Å². The van der Waals surface area contributed by atoms with Crippen LogP contribution in [0.3, 0.4) is 0 Å². The van der Waals surface area contributed by atoms with Crippen molar-refractivity contribution in [3.05, 3.63) is 67.1 Å². The lowest BCUT2D eigenvalue weighted by molar-refractivity contribution is 0.578. The molecule has 5 nitrogen and oxygen atoms in total. The monoisotopic (exact) mass is 345 g/mol. The lowest BCUT2D eigenvalue weighted by Gasteiger charge is -2.22. The topological polar surface area (TPSA) is 45.2 Å². The SMILES string of the molecule is CN(C[C@H]1CCN(c2ccccc2)C1)c1nccc(-c2cccnc2)n1. The maximum Gasteiger partial charge on any atom is 0.225 e. The normalized spacial score (nSPS) is 16.7. The Kier molecular flexibility index (Phi) is 4.78. The molecule has 1 fully saturated rings. The van der Waals surface area contributed by atoms with Crippen molar-refractivity contribution in [3.63, 3.8) is 0 Å². The summed E-state index contributed by atoms with van der Waals surface area (Å²) in [4.78, 5) is 18.0. The van der Waals surface area contributed by atoms with Gasteiger partial charge in [-0.15, -0.1) is 0 Å². The van der Waals surface area contributed by atoms with Crippen molar-refractivity contribution in [2.24, 2.45) is 5.92 Å². The Morgan fingerprint density at radius 3 is 2.77 bits per heavy atom. The number of para-hydroxylation sites is 1. The number of pyridine rings is 1. The van der Waals surface area contributed by atoms with Crippen LogP contribution in [0, 0.1) is 5.92 Å². The maximum atomic E-state index is 4.72. The number of aromatic nitrogens is 3. The first-order valence-corrected chi connectivity index (χ1v) is 9.04. The Hall–Kier alpha value is -2.95. The van der Waals surface area contributed by atoms with Gasteiger partial charge in [-0.2, -0.15) is 0 Å². The van der Waals surface area contributed by atoms with E-state index >= 15 is 0 Å². The highest BCUT2D eigenvalue weighted by molar-refractivity contribution is 5.58. The van der Waals surface area contributed by atoms with Gasteiger partial charge in [0, 0.05) is 56.5 Å². The summed E-state index contributed by atoms with van der Waals surface area (Å²) in [6.07, 6.45) is 6.63. The van der Waals surface area contributed by atoms with Crippen LogP contribution < -0.4 is 9.80 Å². The van der Waals surface area contributed by atoms with Crippen LogP contribution in [0.15, 0.2) is 67.1 Å². The summed E-state index contributed by atoms with van der Waals surface area (Å²) < 4.78 is 0. The van der Waals surface area contributed by atoms with E-state index in [1.165, 1.54) is 12.1 Å². The minimum absolute atomic E-state index is 0.617. The predicted octanol–water partition coefficient (Wildman–Crippen LogP) is 3.50. The Labute approximate surface area is 154 Å².